The van der Waals surface area contributed by atoms with Crippen LogP contribution in [0, 0.1) is 11.3 Å². The van der Waals surface area contributed by atoms with Gasteiger partial charge in [0.15, 0.2) is 0 Å². The first-order valence-electron chi connectivity index (χ1n) is 7.25. The lowest BCUT2D eigenvalue weighted by Gasteiger charge is -2.30. The molecule has 0 amide bonds. The van der Waals surface area contributed by atoms with Crippen molar-refractivity contribution in [3.8, 4) is 6.07 Å². The number of fused-ring (bicyclic) bond motifs is 1. The standard InChI is InChI=1S/C17H19N3O/c1-20(12-14-11-19-8-9-21-14)17-7-6-13(10-18)15-4-2-3-5-16(15)17/h2-7,14,19H,8-9,11-12H2,1H3. The van der Waals surface area contributed by atoms with Gasteiger partial charge in [0.2, 0.25) is 0 Å². The topological polar surface area (TPSA) is 48.3 Å². The molecule has 0 radical (unpaired) electrons. The van der Waals surface area contributed by atoms with Crippen LogP contribution in [0.3, 0.4) is 0 Å². The molecular formula is C17H19N3O. The molecule has 1 saturated heterocycles. The van der Waals surface area contributed by atoms with Crippen LogP contribution in [0.25, 0.3) is 10.8 Å². The number of morpholine rings is 1. The SMILES string of the molecule is CN(CC1CNCCO1)c1ccc(C#N)c2ccccc12. The van der Waals surface area contributed by atoms with Gasteiger partial charge >= 0.3 is 0 Å². The Bertz CT molecular complexity index is 671. The second kappa shape index (κ2) is 6.13. The third kappa shape index (κ3) is 2.85. The lowest BCUT2D eigenvalue weighted by Crippen LogP contribution is -2.44. The highest BCUT2D eigenvalue weighted by atomic mass is 16.5. The minimum absolute atomic E-state index is 0.207. The predicted octanol–water partition coefficient (Wildman–Crippen LogP) is 2.14. The van der Waals surface area contributed by atoms with Crippen molar-refractivity contribution in [2.45, 2.75) is 6.10 Å². The van der Waals surface area contributed by atoms with Crippen molar-refractivity contribution in [3.63, 3.8) is 0 Å². The summed E-state index contributed by atoms with van der Waals surface area (Å²) >= 11 is 0. The third-order valence-corrected chi connectivity index (χ3v) is 3.91. The van der Waals surface area contributed by atoms with Crippen molar-refractivity contribution >= 4 is 16.5 Å². The largest absolute Gasteiger partial charge is 0.374 e. The third-order valence-electron chi connectivity index (χ3n) is 3.91. The second-order valence-electron chi connectivity index (χ2n) is 5.37. The minimum atomic E-state index is 0.207. The van der Waals surface area contributed by atoms with Crippen LogP contribution in [-0.2, 0) is 4.74 Å². The van der Waals surface area contributed by atoms with E-state index in [1.165, 1.54) is 0 Å². The lowest BCUT2D eigenvalue weighted by molar-refractivity contribution is 0.0340. The summed E-state index contributed by atoms with van der Waals surface area (Å²) in [7, 11) is 2.08. The van der Waals surface area contributed by atoms with Crippen molar-refractivity contribution in [2.75, 3.05) is 38.2 Å². The van der Waals surface area contributed by atoms with Crippen molar-refractivity contribution in [1.82, 2.24) is 5.32 Å². The maximum absolute atomic E-state index is 9.23. The van der Waals surface area contributed by atoms with Gasteiger partial charge in [-0.2, -0.15) is 5.26 Å². The molecule has 1 N–H and O–H groups in total. The minimum Gasteiger partial charge on any atom is -0.374 e. The molecule has 1 fully saturated rings. The molecule has 2 aromatic carbocycles. The molecule has 0 aromatic heterocycles. The summed E-state index contributed by atoms with van der Waals surface area (Å²) in [5, 5.41) is 14.7. The van der Waals surface area contributed by atoms with Gasteiger partial charge in [-0.1, -0.05) is 24.3 Å². The zero-order chi connectivity index (χ0) is 14.7. The highest BCUT2D eigenvalue weighted by Crippen LogP contribution is 2.28. The molecule has 1 heterocycles. The molecule has 21 heavy (non-hydrogen) atoms. The van der Waals surface area contributed by atoms with Gasteiger partial charge in [0, 0.05) is 43.1 Å². The van der Waals surface area contributed by atoms with Crippen LogP contribution in [0.4, 0.5) is 5.69 Å². The maximum Gasteiger partial charge on any atom is 0.0998 e. The number of nitriles is 1. The molecule has 1 aliphatic heterocycles. The predicted molar refractivity (Wildman–Crippen MR) is 84.5 cm³/mol. The second-order valence-corrected chi connectivity index (χ2v) is 5.37. The number of hydrogen-bond acceptors (Lipinski definition) is 4. The summed E-state index contributed by atoms with van der Waals surface area (Å²) < 4.78 is 5.77. The summed E-state index contributed by atoms with van der Waals surface area (Å²) in [6.45, 7) is 3.42. The molecule has 108 valence electrons. The molecule has 0 spiro atoms. The van der Waals surface area contributed by atoms with Crippen LogP contribution in [0.2, 0.25) is 0 Å². The van der Waals surface area contributed by atoms with Crippen LogP contribution >= 0.6 is 0 Å². The monoisotopic (exact) mass is 281 g/mol. The molecule has 1 atom stereocenters. The van der Waals surface area contributed by atoms with Gasteiger partial charge in [0.25, 0.3) is 0 Å². The van der Waals surface area contributed by atoms with Crippen LogP contribution in [0.5, 0.6) is 0 Å². The van der Waals surface area contributed by atoms with Crippen molar-refractivity contribution in [2.24, 2.45) is 0 Å². The van der Waals surface area contributed by atoms with Crippen molar-refractivity contribution in [1.29, 1.82) is 5.26 Å². The van der Waals surface area contributed by atoms with Crippen LogP contribution in [0.1, 0.15) is 5.56 Å². The van der Waals surface area contributed by atoms with Crippen LogP contribution in [-0.4, -0.2) is 39.4 Å². The summed E-state index contributed by atoms with van der Waals surface area (Å²) in [6.07, 6.45) is 0.207. The molecule has 1 unspecified atom stereocenters. The van der Waals surface area contributed by atoms with Gasteiger partial charge in [0.1, 0.15) is 0 Å². The number of nitrogens with zero attached hydrogens (tertiary/aromatic N) is 2. The fourth-order valence-electron chi connectivity index (χ4n) is 2.85. The van der Waals surface area contributed by atoms with E-state index in [0.717, 1.165) is 48.3 Å². The Labute approximate surface area is 124 Å². The van der Waals surface area contributed by atoms with E-state index in [4.69, 9.17) is 4.74 Å². The Morgan fingerprint density at radius 2 is 2.10 bits per heavy atom. The Hall–Kier alpha value is -2.09. The first-order chi connectivity index (χ1) is 10.3. The number of ether oxygens (including phenoxy) is 1. The Kier molecular flexibility index (Phi) is 4.05. The van der Waals surface area contributed by atoms with E-state index >= 15 is 0 Å². The van der Waals surface area contributed by atoms with E-state index in [9.17, 15) is 5.26 Å². The highest BCUT2D eigenvalue weighted by molar-refractivity contribution is 5.97. The van der Waals surface area contributed by atoms with E-state index in [2.05, 4.69) is 29.4 Å². The summed E-state index contributed by atoms with van der Waals surface area (Å²) in [5.41, 5.74) is 1.86. The van der Waals surface area contributed by atoms with Crippen molar-refractivity contribution in [3.05, 3.63) is 42.0 Å². The summed E-state index contributed by atoms with van der Waals surface area (Å²) in [6, 6.07) is 14.2. The molecule has 4 nitrogen and oxygen atoms in total. The number of anilines is 1. The smallest absolute Gasteiger partial charge is 0.0998 e. The molecule has 4 heteroatoms. The van der Waals surface area contributed by atoms with Gasteiger partial charge in [-0.05, 0) is 12.1 Å². The molecule has 0 saturated carbocycles. The van der Waals surface area contributed by atoms with Gasteiger partial charge in [-0.15, -0.1) is 0 Å². The number of benzene rings is 2. The number of likely N-dealkylation sites (N-methyl/N-ethyl adjacent to an activating group) is 1. The van der Waals surface area contributed by atoms with Crippen molar-refractivity contribution < 1.29 is 4.74 Å². The first kappa shape index (κ1) is 13.9. The molecule has 2 aromatic rings. The zero-order valence-corrected chi connectivity index (χ0v) is 12.2. The first-order valence-corrected chi connectivity index (χ1v) is 7.25. The Morgan fingerprint density at radius 1 is 1.29 bits per heavy atom. The van der Waals surface area contributed by atoms with Gasteiger partial charge in [0.05, 0.1) is 24.3 Å². The molecule has 3 rings (SSSR count). The van der Waals surface area contributed by atoms with Gasteiger partial charge in [-0.3, -0.25) is 0 Å². The fraction of sp³-hybridized carbons (Fsp3) is 0.353. The average molecular weight is 281 g/mol. The quantitative estimate of drug-likeness (QED) is 0.936. The van der Waals surface area contributed by atoms with E-state index < -0.39 is 0 Å². The van der Waals surface area contributed by atoms with E-state index in [0.29, 0.717) is 0 Å². The lowest BCUT2D eigenvalue weighted by atomic mass is 10.0. The van der Waals surface area contributed by atoms with Gasteiger partial charge in [-0.25, -0.2) is 0 Å². The van der Waals surface area contributed by atoms with E-state index in [1.807, 2.05) is 30.3 Å². The Balaban J connectivity index is 1.91. The van der Waals surface area contributed by atoms with Crippen LogP contribution < -0.4 is 10.2 Å². The number of hydrogen-bond donors (Lipinski definition) is 1. The molecule has 1 aliphatic rings. The van der Waals surface area contributed by atoms with Crippen LogP contribution in [0.15, 0.2) is 36.4 Å². The summed E-state index contributed by atoms with van der Waals surface area (Å²) in [5.74, 6) is 0. The summed E-state index contributed by atoms with van der Waals surface area (Å²) in [4.78, 5) is 2.21. The molecule has 0 aliphatic carbocycles. The average Bonchev–Trinajstić information content (AvgIpc) is 2.54. The molecular weight excluding hydrogens is 262 g/mol. The maximum atomic E-state index is 9.23. The van der Waals surface area contributed by atoms with E-state index in [-0.39, 0.29) is 6.10 Å². The fourth-order valence-corrected chi connectivity index (χ4v) is 2.85. The van der Waals surface area contributed by atoms with E-state index in [1.54, 1.807) is 0 Å². The Morgan fingerprint density at radius 3 is 2.81 bits per heavy atom. The number of nitrogens with one attached hydrogen (secondary N) is 1. The zero-order valence-electron chi connectivity index (χ0n) is 12.2. The highest BCUT2D eigenvalue weighted by Gasteiger charge is 2.17. The normalized spacial score (nSPS) is 18.4. The molecule has 0 bridgehead atoms. The number of rotatable bonds is 3. The van der Waals surface area contributed by atoms with Gasteiger partial charge < -0.3 is 15.0 Å².